The lowest BCUT2D eigenvalue weighted by atomic mass is 10.0. The zero-order valence-corrected chi connectivity index (χ0v) is 9.11. The van der Waals surface area contributed by atoms with Crippen LogP contribution in [0.5, 0.6) is 0 Å². The smallest absolute Gasteiger partial charge is 0.315 e. The Morgan fingerprint density at radius 2 is 2.12 bits per heavy atom. The lowest BCUT2D eigenvalue weighted by Gasteiger charge is -2.04. The first-order valence-electron chi connectivity index (χ1n) is 5.92. The van der Waals surface area contributed by atoms with Crippen molar-refractivity contribution in [1.82, 2.24) is 4.98 Å². The van der Waals surface area contributed by atoms with Gasteiger partial charge in [-0.3, -0.25) is 4.79 Å². The van der Waals surface area contributed by atoms with Crippen molar-refractivity contribution >= 4 is 5.97 Å². The van der Waals surface area contributed by atoms with Crippen LogP contribution in [0.1, 0.15) is 56.0 Å². The molecule has 1 heterocycles. The molecule has 2 saturated carbocycles. The molecule has 0 bridgehead atoms. The summed E-state index contributed by atoms with van der Waals surface area (Å²) in [6.45, 7) is 0. The summed E-state index contributed by atoms with van der Waals surface area (Å²) in [5, 5.41) is 9.15. The minimum absolute atomic E-state index is 0.415. The van der Waals surface area contributed by atoms with E-state index in [1.165, 1.54) is 12.8 Å². The highest BCUT2D eigenvalue weighted by atomic mass is 16.4. The summed E-state index contributed by atoms with van der Waals surface area (Å²) in [5.74, 6) is 0.400. The van der Waals surface area contributed by atoms with Crippen LogP contribution in [0.2, 0.25) is 0 Å². The Kier molecular flexibility index (Phi) is 2.06. The van der Waals surface area contributed by atoms with Gasteiger partial charge in [0.15, 0.2) is 5.89 Å². The van der Waals surface area contributed by atoms with Gasteiger partial charge in [0, 0.05) is 5.92 Å². The molecule has 16 heavy (non-hydrogen) atoms. The minimum atomic E-state index is -0.765. The molecule has 0 radical (unpaired) electrons. The molecule has 1 N–H and O–H groups in total. The van der Waals surface area contributed by atoms with E-state index in [2.05, 4.69) is 4.98 Å². The van der Waals surface area contributed by atoms with E-state index >= 15 is 0 Å². The zero-order chi connectivity index (χ0) is 11.2. The van der Waals surface area contributed by atoms with E-state index in [0.717, 1.165) is 18.7 Å². The molecule has 2 aliphatic carbocycles. The second-order valence-corrected chi connectivity index (χ2v) is 4.94. The predicted octanol–water partition coefficient (Wildman–Crippen LogP) is 2.45. The maximum absolute atomic E-state index is 11.1. The van der Waals surface area contributed by atoms with Gasteiger partial charge in [0.05, 0.1) is 5.69 Å². The van der Waals surface area contributed by atoms with Crippen molar-refractivity contribution < 1.29 is 14.3 Å². The molecule has 2 aliphatic rings. The summed E-state index contributed by atoms with van der Waals surface area (Å²) in [4.78, 5) is 15.5. The average Bonchev–Trinajstić information content (AvgIpc) is 2.75. The fourth-order valence-corrected chi connectivity index (χ4v) is 2.57. The monoisotopic (exact) mass is 221 g/mol. The summed E-state index contributed by atoms with van der Waals surface area (Å²) >= 11 is 0. The molecule has 0 spiro atoms. The minimum Gasteiger partial charge on any atom is -0.481 e. The van der Waals surface area contributed by atoms with Crippen molar-refractivity contribution in [2.24, 2.45) is 0 Å². The molecule has 4 heteroatoms. The largest absolute Gasteiger partial charge is 0.481 e. The van der Waals surface area contributed by atoms with Crippen LogP contribution in [0.3, 0.4) is 0 Å². The van der Waals surface area contributed by atoms with E-state index < -0.39 is 11.4 Å². The number of nitrogens with zero attached hydrogens (tertiary/aromatic N) is 1. The molecule has 1 aromatic rings. The van der Waals surface area contributed by atoms with Gasteiger partial charge in [-0.15, -0.1) is 0 Å². The molecular weight excluding hydrogens is 206 g/mol. The Hall–Kier alpha value is -1.32. The summed E-state index contributed by atoms with van der Waals surface area (Å²) in [6.07, 6.45) is 7.64. The van der Waals surface area contributed by atoms with Crippen molar-refractivity contribution in [1.29, 1.82) is 0 Å². The summed E-state index contributed by atoms with van der Waals surface area (Å²) < 4.78 is 5.45. The van der Waals surface area contributed by atoms with E-state index in [9.17, 15) is 4.79 Å². The number of aliphatic carboxylic acids is 1. The second kappa shape index (κ2) is 3.34. The van der Waals surface area contributed by atoms with Gasteiger partial charge in [-0.2, -0.15) is 0 Å². The summed E-state index contributed by atoms with van der Waals surface area (Å²) in [5.41, 5.74) is -0.0951. The highest BCUT2D eigenvalue weighted by Crippen LogP contribution is 2.48. The number of hydrogen-bond acceptors (Lipinski definition) is 3. The van der Waals surface area contributed by atoms with Crippen LogP contribution in [0, 0.1) is 0 Å². The fraction of sp³-hybridized carbons (Fsp3) is 0.667. The van der Waals surface area contributed by atoms with Gasteiger partial charge in [-0.1, -0.05) is 12.8 Å². The molecule has 0 atom stereocenters. The topological polar surface area (TPSA) is 63.3 Å². The van der Waals surface area contributed by atoms with Crippen molar-refractivity contribution in [2.45, 2.75) is 49.9 Å². The van der Waals surface area contributed by atoms with Gasteiger partial charge in [0.1, 0.15) is 11.7 Å². The van der Waals surface area contributed by atoms with Crippen LogP contribution in [0.25, 0.3) is 0 Å². The SMILES string of the molecule is O=C(O)C1(c2coc(C3CCCC3)n2)CC1. The van der Waals surface area contributed by atoms with Crippen LogP contribution < -0.4 is 0 Å². The lowest BCUT2D eigenvalue weighted by molar-refractivity contribution is -0.140. The van der Waals surface area contributed by atoms with Gasteiger partial charge < -0.3 is 9.52 Å². The maximum atomic E-state index is 11.1. The number of aromatic nitrogens is 1. The van der Waals surface area contributed by atoms with Crippen LogP contribution >= 0.6 is 0 Å². The Morgan fingerprint density at radius 1 is 1.44 bits per heavy atom. The fourth-order valence-electron chi connectivity index (χ4n) is 2.57. The number of carboxylic acids is 1. The second-order valence-electron chi connectivity index (χ2n) is 4.94. The molecule has 0 aliphatic heterocycles. The van der Waals surface area contributed by atoms with Crippen molar-refractivity contribution in [3.05, 3.63) is 17.8 Å². The third kappa shape index (κ3) is 1.36. The van der Waals surface area contributed by atoms with E-state index in [4.69, 9.17) is 9.52 Å². The van der Waals surface area contributed by atoms with Gasteiger partial charge in [0.25, 0.3) is 0 Å². The van der Waals surface area contributed by atoms with Gasteiger partial charge >= 0.3 is 5.97 Å². The number of oxazole rings is 1. The van der Waals surface area contributed by atoms with Gasteiger partial charge in [-0.25, -0.2) is 4.98 Å². The maximum Gasteiger partial charge on any atom is 0.315 e. The van der Waals surface area contributed by atoms with Crippen LogP contribution in [-0.2, 0) is 10.2 Å². The molecule has 1 aromatic heterocycles. The first-order chi connectivity index (χ1) is 7.72. The van der Waals surface area contributed by atoms with Crippen molar-refractivity contribution in [3.63, 3.8) is 0 Å². The molecular formula is C12H15NO3. The number of hydrogen-bond donors (Lipinski definition) is 1. The van der Waals surface area contributed by atoms with Crippen LogP contribution in [0.4, 0.5) is 0 Å². The lowest BCUT2D eigenvalue weighted by Crippen LogP contribution is -2.19. The van der Waals surface area contributed by atoms with Gasteiger partial charge in [0.2, 0.25) is 0 Å². The normalized spacial score (nSPS) is 23.5. The number of carbonyl (C=O) groups is 1. The van der Waals surface area contributed by atoms with Crippen LogP contribution in [0.15, 0.2) is 10.7 Å². The molecule has 0 saturated heterocycles. The van der Waals surface area contributed by atoms with E-state index in [1.54, 1.807) is 6.26 Å². The summed E-state index contributed by atoms with van der Waals surface area (Å²) in [6, 6.07) is 0. The zero-order valence-electron chi connectivity index (χ0n) is 9.11. The molecule has 3 rings (SSSR count). The Bertz CT molecular complexity index is 414. The molecule has 0 aromatic carbocycles. The van der Waals surface area contributed by atoms with Crippen molar-refractivity contribution in [2.75, 3.05) is 0 Å². The first-order valence-corrected chi connectivity index (χ1v) is 5.92. The molecule has 0 amide bonds. The third-order valence-corrected chi connectivity index (χ3v) is 3.88. The third-order valence-electron chi connectivity index (χ3n) is 3.88. The number of rotatable bonds is 3. The standard InChI is InChI=1S/C12H15NO3/c14-11(15)12(5-6-12)9-7-16-10(13-9)8-3-1-2-4-8/h7-8H,1-6H2,(H,14,15). The Balaban J connectivity index is 1.85. The Labute approximate surface area is 93.7 Å². The first kappa shape index (κ1) is 9.87. The summed E-state index contributed by atoms with van der Waals surface area (Å²) in [7, 11) is 0. The highest BCUT2D eigenvalue weighted by molar-refractivity contribution is 5.84. The molecule has 4 nitrogen and oxygen atoms in total. The van der Waals surface area contributed by atoms with Gasteiger partial charge in [-0.05, 0) is 25.7 Å². The molecule has 2 fully saturated rings. The highest BCUT2D eigenvalue weighted by Gasteiger charge is 2.54. The van der Waals surface area contributed by atoms with E-state index in [1.807, 2.05) is 0 Å². The predicted molar refractivity (Wildman–Crippen MR) is 56.3 cm³/mol. The van der Waals surface area contributed by atoms with E-state index in [-0.39, 0.29) is 0 Å². The number of carboxylic acid groups (broad SMARTS) is 1. The average molecular weight is 221 g/mol. The quantitative estimate of drug-likeness (QED) is 0.851. The van der Waals surface area contributed by atoms with E-state index in [0.29, 0.717) is 24.5 Å². The molecule has 0 unspecified atom stereocenters. The van der Waals surface area contributed by atoms with Crippen LogP contribution in [-0.4, -0.2) is 16.1 Å². The van der Waals surface area contributed by atoms with Crippen molar-refractivity contribution in [3.8, 4) is 0 Å². The molecule has 86 valence electrons. The Morgan fingerprint density at radius 3 is 2.69 bits per heavy atom.